The van der Waals surface area contributed by atoms with E-state index in [1.165, 1.54) is 17.5 Å². The molecule has 3 aromatic rings. The summed E-state index contributed by atoms with van der Waals surface area (Å²) in [5, 5.41) is 4.67. The van der Waals surface area contributed by atoms with Crippen molar-refractivity contribution in [3.63, 3.8) is 0 Å². The molecule has 0 saturated carbocycles. The molecular formula is C15H15N5. The maximum atomic E-state index is 5.95. The maximum absolute atomic E-state index is 5.95. The van der Waals surface area contributed by atoms with Gasteiger partial charge >= 0.3 is 0 Å². The van der Waals surface area contributed by atoms with Crippen LogP contribution in [0, 0.1) is 0 Å². The van der Waals surface area contributed by atoms with Crippen LogP contribution in [-0.2, 0) is 13.5 Å². The van der Waals surface area contributed by atoms with Gasteiger partial charge in [-0.05, 0) is 24.0 Å². The lowest BCUT2D eigenvalue weighted by Gasteiger charge is -2.08. The van der Waals surface area contributed by atoms with Gasteiger partial charge in [0.05, 0.1) is 5.69 Å². The van der Waals surface area contributed by atoms with Gasteiger partial charge < -0.3 is 5.73 Å². The molecule has 0 amide bonds. The molecule has 4 rings (SSSR count). The molecule has 1 unspecified atom stereocenters. The lowest BCUT2D eigenvalue weighted by molar-refractivity contribution is 0.708. The van der Waals surface area contributed by atoms with Gasteiger partial charge in [0.25, 0.3) is 0 Å². The van der Waals surface area contributed by atoms with Crippen LogP contribution in [0.2, 0.25) is 0 Å². The largest absolute Gasteiger partial charge is 0.382 e. The van der Waals surface area contributed by atoms with E-state index in [4.69, 9.17) is 5.73 Å². The molecule has 1 atom stereocenters. The van der Waals surface area contributed by atoms with Crippen molar-refractivity contribution in [3.05, 3.63) is 47.4 Å². The van der Waals surface area contributed by atoms with E-state index in [0.717, 1.165) is 29.6 Å². The molecule has 0 spiro atoms. The molecule has 0 saturated heterocycles. The smallest absolute Gasteiger partial charge is 0.153 e. The fourth-order valence-electron chi connectivity index (χ4n) is 3.23. The quantitative estimate of drug-likeness (QED) is 0.731. The van der Waals surface area contributed by atoms with Crippen LogP contribution in [0.15, 0.2) is 30.6 Å². The second kappa shape index (κ2) is 4.03. The highest BCUT2D eigenvalue weighted by atomic mass is 15.3. The highest BCUT2D eigenvalue weighted by Crippen LogP contribution is 2.39. The molecule has 5 heteroatoms. The molecule has 1 aliphatic carbocycles. The molecule has 0 aliphatic heterocycles. The SMILES string of the molecule is Cn1nc(C2CCc3ccccc32)c2ncnc(N)c21. The van der Waals surface area contributed by atoms with Gasteiger partial charge in [-0.2, -0.15) is 5.10 Å². The van der Waals surface area contributed by atoms with Crippen LogP contribution < -0.4 is 5.73 Å². The molecule has 2 N–H and O–H groups in total. The zero-order valence-electron chi connectivity index (χ0n) is 11.2. The number of rotatable bonds is 1. The summed E-state index contributed by atoms with van der Waals surface area (Å²) in [6.07, 6.45) is 3.69. The van der Waals surface area contributed by atoms with Crippen LogP contribution in [0.5, 0.6) is 0 Å². The van der Waals surface area contributed by atoms with Crippen LogP contribution in [0.3, 0.4) is 0 Å². The number of nitrogen functional groups attached to an aromatic ring is 1. The molecule has 20 heavy (non-hydrogen) atoms. The van der Waals surface area contributed by atoms with Crippen molar-refractivity contribution < 1.29 is 0 Å². The normalized spacial score (nSPS) is 17.6. The predicted octanol–water partition coefficient (Wildman–Crippen LogP) is 2.02. The first kappa shape index (κ1) is 11.4. The van der Waals surface area contributed by atoms with Crippen molar-refractivity contribution in [2.45, 2.75) is 18.8 Å². The Morgan fingerprint density at radius 2 is 2.10 bits per heavy atom. The summed E-state index contributed by atoms with van der Waals surface area (Å²) < 4.78 is 1.79. The predicted molar refractivity (Wildman–Crippen MR) is 77.3 cm³/mol. The van der Waals surface area contributed by atoms with Crippen molar-refractivity contribution in [1.29, 1.82) is 0 Å². The van der Waals surface area contributed by atoms with Gasteiger partial charge in [0.2, 0.25) is 0 Å². The Hall–Kier alpha value is -2.43. The highest BCUT2D eigenvalue weighted by molar-refractivity contribution is 5.87. The first-order chi connectivity index (χ1) is 9.75. The van der Waals surface area contributed by atoms with Crippen molar-refractivity contribution in [3.8, 4) is 0 Å². The van der Waals surface area contributed by atoms with E-state index in [9.17, 15) is 0 Å². The zero-order chi connectivity index (χ0) is 13.7. The Labute approximate surface area is 116 Å². The van der Waals surface area contributed by atoms with Crippen molar-refractivity contribution >= 4 is 16.9 Å². The number of nitrogens with two attached hydrogens (primary N) is 1. The molecule has 2 aromatic heterocycles. The zero-order valence-corrected chi connectivity index (χ0v) is 11.2. The summed E-state index contributed by atoms with van der Waals surface area (Å²) in [7, 11) is 1.90. The van der Waals surface area contributed by atoms with Crippen LogP contribution in [0.1, 0.15) is 29.2 Å². The van der Waals surface area contributed by atoms with E-state index < -0.39 is 0 Å². The molecule has 0 fully saturated rings. The molecule has 2 heterocycles. The maximum Gasteiger partial charge on any atom is 0.153 e. The first-order valence-corrected chi connectivity index (χ1v) is 6.76. The van der Waals surface area contributed by atoms with E-state index in [1.807, 2.05) is 7.05 Å². The van der Waals surface area contributed by atoms with Gasteiger partial charge in [-0.25, -0.2) is 9.97 Å². The van der Waals surface area contributed by atoms with Crippen molar-refractivity contribution in [2.24, 2.45) is 7.05 Å². The summed E-state index contributed by atoms with van der Waals surface area (Å²) >= 11 is 0. The van der Waals surface area contributed by atoms with E-state index in [1.54, 1.807) is 4.68 Å². The van der Waals surface area contributed by atoms with Gasteiger partial charge in [-0.3, -0.25) is 4.68 Å². The molecule has 100 valence electrons. The fraction of sp³-hybridized carbons (Fsp3) is 0.267. The van der Waals surface area contributed by atoms with Gasteiger partial charge in [-0.15, -0.1) is 0 Å². The monoisotopic (exact) mass is 265 g/mol. The summed E-state index contributed by atoms with van der Waals surface area (Å²) in [5.41, 5.74) is 11.5. The van der Waals surface area contributed by atoms with Crippen LogP contribution in [0.25, 0.3) is 11.0 Å². The van der Waals surface area contributed by atoms with Crippen molar-refractivity contribution in [1.82, 2.24) is 19.7 Å². The standard InChI is InChI=1S/C15H15N5/c1-20-14-13(17-8-18-15(14)16)12(19-20)11-7-6-9-4-2-3-5-10(9)11/h2-5,8,11H,6-7H2,1H3,(H2,16,17,18). The van der Waals surface area contributed by atoms with Gasteiger partial charge in [0.15, 0.2) is 5.82 Å². The minimum Gasteiger partial charge on any atom is -0.382 e. The average Bonchev–Trinajstić information content (AvgIpc) is 3.01. The van der Waals surface area contributed by atoms with E-state index in [-0.39, 0.29) is 0 Å². The number of anilines is 1. The van der Waals surface area contributed by atoms with Crippen molar-refractivity contribution in [2.75, 3.05) is 5.73 Å². The number of aromatic nitrogens is 4. The molecule has 5 nitrogen and oxygen atoms in total. The third-order valence-electron chi connectivity index (χ3n) is 4.14. The Morgan fingerprint density at radius 1 is 1.25 bits per heavy atom. The lowest BCUT2D eigenvalue weighted by Crippen LogP contribution is -1.99. The molecule has 0 radical (unpaired) electrons. The Bertz CT molecular complexity index is 805. The van der Waals surface area contributed by atoms with E-state index in [0.29, 0.717) is 11.7 Å². The van der Waals surface area contributed by atoms with Crippen LogP contribution >= 0.6 is 0 Å². The Balaban J connectivity index is 1.95. The summed E-state index contributed by atoms with van der Waals surface area (Å²) in [4.78, 5) is 8.46. The minimum absolute atomic E-state index is 0.309. The number of hydrogen-bond donors (Lipinski definition) is 1. The molecular weight excluding hydrogens is 250 g/mol. The number of benzene rings is 1. The average molecular weight is 265 g/mol. The Kier molecular flexibility index (Phi) is 2.30. The highest BCUT2D eigenvalue weighted by Gasteiger charge is 2.28. The summed E-state index contributed by atoms with van der Waals surface area (Å²) in [6.45, 7) is 0. The van der Waals surface area contributed by atoms with Gasteiger partial charge in [-0.1, -0.05) is 24.3 Å². The first-order valence-electron chi connectivity index (χ1n) is 6.76. The molecule has 1 aliphatic rings. The van der Waals surface area contributed by atoms with E-state index >= 15 is 0 Å². The number of hydrogen-bond acceptors (Lipinski definition) is 4. The molecule has 1 aromatic carbocycles. The third kappa shape index (κ3) is 1.46. The molecule has 0 bridgehead atoms. The summed E-state index contributed by atoms with van der Waals surface area (Å²) in [5.74, 6) is 0.798. The number of nitrogens with zero attached hydrogens (tertiary/aromatic N) is 4. The van der Waals surface area contributed by atoms with Crippen LogP contribution in [0.4, 0.5) is 5.82 Å². The second-order valence-electron chi connectivity index (χ2n) is 5.26. The number of fused-ring (bicyclic) bond motifs is 2. The Morgan fingerprint density at radius 3 is 3.00 bits per heavy atom. The van der Waals surface area contributed by atoms with Crippen LogP contribution in [-0.4, -0.2) is 19.7 Å². The van der Waals surface area contributed by atoms with Gasteiger partial charge in [0.1, 0.15) is 17.4 Å². The van der Waals surface area contributed by atoms with Gasteiger partial charge in [0, 0.05) is 13.0 Å². The summed E-state index contributed by atoms with van der Waals surface area (Å²) in [6, 6.07) is 8.57. The third-order valence-corrected chi connectivity index (χ3v) is 4.14. The minimum atomic E-state index is 0.309. The van der Waals surface area contributed by atoms with E-state index in [2.05, 4.69) is 39.3 Å². The fourth-order valence-corrected chi connectivity index (χ4v) is 3.23. The lowest BCUT2D eigenvalue weighted by atomic mass is 9.97. The second-order valence-corrected chi connectivity index (χ2v) is 5.26. The number of aryl methyl sites for hydroxylation is 2. The topological polar surface area (TPSA) is 69.6 Å².